The minimum Gasteiger partial charge on any atom is -0.375 e. The first-order valence-corrected chi connectivity index (χ1v) is 6.10. The van der Waals surface area contributed by atoms with Gasteiger partial charge in [0.1, 0.15) is 0 Å². The van der Waals surface area contributed by atoms with Crippen molar-refractivity contribution in [3.63, 3.8) is 0 Å². The largest absolute Gasteiger partial charge is 0.375 e. The number of ether oxygens (including phenoxy) is 1. The quantitative estimate of drug-likeness (QED) is 0.834. The van der Waals surface area contributed by atoms with Gasteiger partial charge in [-0.15, -0.1) is 0 Å². The third-order valence-corrected chi connectivity index (χ3v) is 3.69. The molecule has 0 aromatic carbocycles. The number of rotatable bonds is 4. The van der Waals surface area contributed by atoms with E-state index in [-0.39, 0.29) is 0 Å². The maximum absolute atomic E-state index is 5.49. The van der Waals surface area contributed by atoms with Crippen LogP contribution in [0, 0.1) is 0 Å². The van der Waals surface area contributed by atoms with Crippen molar-refractivity contribution in [1.82, 2.24) is 4.98 Å². The summed E-state index contributed by atoms with van der Waals surface area (Å²) in [5.74, 6) is 0. The monoisotopic (exact) mass is 227 g/mol. The Morgan fingerprint density at radius 3 is 3.20 bits per heavy atom. The fourth-order valence-electron chi connectivity index (χ4n) is 1.60. The predicted octanol–water partition coefficient (Wildman–Crippen LogP) is 1.00. The summed E-state index contributed by atoms with van der Waals surface area (Å²) in [7, 11) is 2.07. The van der Waals surface area contributed by atoms with Gasteiger partial charge in [0.05, 0.1) is 23.8 Å². The smallest absolute Gasteiger partial charge is 0.185 e. The van der Waals surface area contributed by atoms with Gasteiger partial charge in [-0.1, -0.05) is 11.3 Å². The Balaban J connectivity index is 2.05. The number of nitrogens with two attached hydrogens (primary N) is 1. The number of thiazole rings is 1. The zero-order valence-electron chi connectivity index (χ0n) is 9.03. The number of anilines is 1. The molecule has 0 spiro atoms. The highest BCUT2D eigenvalue weighted by atomic mass is 32.1. The van der Waals surface area contributed by atoms with Crippen LogP contribution in [0.1, 0.15) is 17.0 Å². The summed E-state index contributed by atoms with van der Waals surface area (Å²) < 4.78 is 5.40. The molecule has 2 heterocycles. The lowest BCUT2D eigenvalue weighted by Gasteiger charge is -2.14. The van der Waals surface area contributed by atoms with Crippen LogP contribution in [0.4, 0.5) is 5.13 Å². The van der Waals surface area contributed by atoms with E-state index in [0.717, 1.165) is 44.3 Å². The third-order valence-electron chi connectivity index (χ3n) is 2.51. The van der Waals surface area contributed by atoms with E-state index in [0.29, 0.717) is 0 Å². The van der Waals surface area contributed by atoms with E-state index in [1.165, 1.54) is 10.6 Å². The van der Waals surface area contributed by atoms with Gasteiger partial charge in [-0.2, -0.15) is 0 Å². The molecule has 1 aromatic rings. The molecular weight excluding hydrogens is 210 g/mol. The van der Waals surface area contributed by atoms with Crippen LogP contribution in [0.2, 0.25) is 0 Å². The van der Waals surface area contributed by atoms with Gasteiger partial charge in [0.15, 0.2) is 5.13 Å². The van der Waals surface area contributed by atoms with Crippen LogP contribution in [0.5, 0.6) is 0 Å². The summed E-state index contributed by atoms with van der Waals surface area (Å²) in [5, 5.41) is 1.10. The van der Waals surface area contributed by atoms with E-state index >= 15 is 0 Å². The van der Waals surface area contributed by atoms with E-state index in [4.69, 9.17) is 10.5 Å². The molecule has 2 rings (SSSR count). The predicted molar refractivity (Wildman–Crippen MR) is 62.4 cm³/mol. The molecular formula is C10H17N3OS. The highest BCUT2D eigenvalue weighted by Gasteiger charge is 2.16. The SMILES string of the molecule is CN(CCCN)c1nc2c(s1)COCC2. The van der Waals surface area contributed by atoms with E-state index in [2.05, 4.69) is 16.9 Å². The van der Waals surface area contributed by atoms with Gasteiger partial charge >= 0.3 is 0 Å². The van der Waals surface area contributed by atoms with Crippen molar-refractivity contribution in [3.05, 3.63) is 10.6 Å². The third kappa shape index (κ3) is 2.48. The van der Waals surface area contributed by atoms with Crippen molar-refractivity contribution in [2.75, 3.05) is 31.6 Å². The first-order chi connectivity index (χ1) is 7.31. The first kappa shape index (κ1) is 10.9. The molecule has 0 bridgehead atoms. The second-order valence-corrected chi connectivity index (χ2v) is 4.79. The Morgan fingerprint density at radius 2 is 2.47 bits per heavy atom. The molecule has 15 heavy (non-hydrogen) atoms. The lowest BCUT2D eigenvalue weighted by atomic mass is 10.2. The van der Waals surface area contributed by atoms with Crippen molar-refractivity contribution in [2.45, 2.75) is 19.4 Å². The number of fused-ring (bicyclic) bond motifs is 1. The molecule has 1 aliphatic heterocycles. The minimum absolute atomic E-state index is 0.734. The topological polar surface area (TPSA) is 51.4 Å². The molecule has 0 fully saturated rings. The van der Waals surface area contributed by atoms with Crippen LogP contribution in [0.3, 0.4) is 0 Å². The van der Waals surface area contributed by atoms with Crippen molar-refractivity contribution in [3.8, 4) is 0 Å². The normalized spacial score (nSPS) is 15.1. The van der Waals surface area contributed by atoms with Crippen LogP contribution in [-0.2, 0) is 17.8 Å². The minimum atomic E-state index is 0.734. The second kappa shape index (κ2) is 4.92. The van der Waals surface area contributed by atoms with Gasteiger partial charge in [-0.3, -0.25) is 0 Å². The Kier molecular flexibility index (Phi) is 3.56. The fourth-order valence-corrected chi connectivity index (χ4v) is 2.63. The molecule has 1 aliphatic rings. The molecule has 0 aliphatic carbocycles. The Hall–Kier alpha value is -0.650. The average Bonchev–Trinajstić information content (AvgIpc) is 2.69. The summed E-state index contributed by atoms with van der Waals surface area (Å²) in [6, 6.07) is 0. The van der Waals surface area contributed by atoms with Gasteiger partial charge in [0.2, 0.25) is 0 Å². The van der Waals surface area contributed by atoms with Crippen LogP contribution >= 0.6 is 11.3 Å². The number of hydrogen-bond donors (Lipinski definition) is 1. The van der Waals surface area contributed by atoms with Crippen LogP contribution in [0.15, 0.2) is 0 Å². The molecule has 5 heteroatoms. The molecule has 0 amide bonds. The highest BCUT2D eigenvalue weighted by Crippen LogP contribution is 2.28. The van der Waals surface area contributed by atoms with Gasteiger partial charge in [-0.05, 0) is 13.0 Å². The summed E-state index contributed by atoms with van der Waals surface area (Å²) in [6.45, 7) is 3.25. The van der Waals surface area contributed by atoms with Crippen molar-refractivity contribution in [2.24, 2.45) is 5.73 Å². The standard InChI is InChI=1S/C10H17N3OS/c1-13(5-2-4-11)10-12-8-3-6-14-7-9(8)15-10/h2-7,11H2,1H3. The van der Waals surface area contributed by atoms with Gasteiger partial charge in [-0.25, -0.2) is 4.98 Å². The molecule has 0 radical (unpaired) electrons. The summed E-state index contributed by atoms with van der Waals surface area (Å²) in [6.07, 6.45) is 1.97. The van der Waals surface area contributed by atoms with Gasteiger partial charge in [0, 0.05) is 20.0 Å². The molecule has 84 valence electrons. The fraction of sp³-hybridized carbons (Fsp3) is 0.700. The number of aromatic nitrogens is 1. The van der Waals surface area contributed by atoms with Crippen LogP contribution < -0.4 is 10.6 Å². The molecule has 0 saturated carbocycles. The molecule has 4 nitrogen and oxygen atoms in total. The average molecular weight is 227 g/mol. The zero-order chi connectivity index (χ0) is 10.7. The Labute approximate surface area is 94.1 Å². The van der Waals surface area contributed by atoms with Crippen molar-refractivity contribution >= 4 is 16.5 Å². The highest BCUT2D eigenvalue weighted by molar-refractivity contribution is 7.15. The maximum atomic E-state index is 5.49. The van der Waals surface area contributed by atoms with Gasteiger partial charge < -0.3 is 15.4 Å². The van der Waals surface area contributed by atoms with Crippen LogP contribution in [0.25, 0.3) is 0 Å². The number of nitrogens with zero attached hydrogens (tertiary/aromatic N) is 2. The second-order valence-electron chi connectivity index (χ2n) is 3.73. The van der Waals surface area contributed by atoms with E-state index < -0.39 is 0 Å². The lowest BCUT2D eigenvalue weighted by Crippen LogP contribution is -2.20. The van der Waals surface area contributed by atoms with Crippen molar-refractivity contribution < 1.29 is 4.74 Å². The van der Waals surface area contributed by atoms with Gasteiger partial charge in [0.25, 0.3) is 0 Å². The first-order valence-electron chi connectivity index (χ1n) is 5.29. The lowest BCUT2D eigenvalue weighted by molar-refractivity contribution is 0.112. The van der Waals surface area contributed by atoms with Crippen LogP contribution in [-0.4, -0.2) is 31.7 Å². The Morgan fingerprint density at radius 1 is 1.60 bits per heavy atom. The maximum Gasteiger partial charge on any atom is 0.185 e. The van der Waals surface area contributed by atoms with E-state index in [1.807, 2.05) is 0 Å². The van der Waals surface area contributed by atoms with Crippen molar-refractivity contribution in [1.29, 1.82) is 0 Å². The summed E-state index contributed by atoms with van der Waals surface area (Å²) in [4.78, 5) is 8.09. The molecule has 2 N–H and O–H groups in total. The molecule has 0 atom stereocenters. The zero-order valence-corrected chi connectivity index (χ0v) is 9.85. The Bertz CT molecular complexity index is 303. The summed E-state index contributed by atoms with van der Waals surface area (Å²) >= 11 is 1.74. The number of hydrogen-bond acceptors (Lipinski definition) is 5. The summed E-state index contributed by atoms with van der Waals surface area (Å²) in [5.41, 5.74) is 6.71. The molecule has 0 saturated heterocycles. The molecule has 1 aromatic heterocycles. The molecule has 0 unspecified atom stereocenters. The van der Waals surface area contributed by atoms with E-state index in [1.54, 1.807) is 11.3 Å². The van der Waals surface area contributed by atoms with E-state index in [9.17, 15) is 0 Å².